The maximum Gasteiger partial charge on any atom is 0.389 e. The van der Waals surface area contributed by atoms with Crippen molar-refractivity contribution in [2.75, 3.05) is 24.6 Å². The first kappa shape index (κ1) is 33.0. The number of anilines is 1. The fourth-order valence-corrected chi connectivity index (χ4v) is 6.21. The van der Waals surface area contributed by atoms with E-state index in [1.54, 1.807) is 18.3 Å². The number of carbonyl (C=O) groups excluding carboxylic acids is 1. The molecule has 3 atom stereocenters. The van der Waals surface area contributed by atoms with E-state index >= 15 is 0 Å². The number of alkyl halides is 3. The summed E-state index contributed by atoms with van der Waals surface area (Å²) in [6.45, 7) is 12.9. The van der Waals surface area contributed by atoms with Crippen LogP contribution in [0.5, 0.6) is 5.75 Å². The lowest BCUT2D eigenvalue weighted by Gasteiger charge is -2.44. The first-order valence-electron chi connectivity index (χ1n) is 15.5. The monoisotopic (exact) mass is 605 g/mol. The number of aromatic nitrogens is 2. The number of fused-ring (bicyclic) bond motifs is 1. The molecule has 7 nitrogen and oxygen atoms in total. The minimum absolute atomic E-state index is 0.0534. The molecule has 1 saturated heterocycles. The Labute approximate surface area is 253 Å². The minimum Gasteiger partial charge on any atom is -0.492 e. The molecule has 43 heavy (non-hydrogen) atoms. The maximum absolute atomic E-state index is 13.6. The van der Waals surface area contributed by atoms with Gasteiger partial charge in [-0.05, 0) is 84.8 Å². The Balaban J connectivity index is 1.75. The van der Waals surface area contributed by atoms with Crippen molar-refractivity contribution < 1.29 is 32.2 Å². The summed E-state index contributed by atoms with van der Waals surface area (Å²) >= 11 is 0. The fraction of sp³-hybridized carbons (Fsp3) is 0.667. The molecule has 0 radical (unpaired) electrons. The van der Waals surface area contributed by atoms with E-state index in [9.17, 15) is 18.0 Å². The summed E-state index contributed by atoms with van der Waals surface area (Å²) in [5.41, 5.74) is 2.99. The van der Waals surface area contributed by atoms with Gasteiger partial charge >= 0.3 is 12.1 Å². The van der Waals surface area contributed by atoms with Gasteiger partial charge in [0.15, 0.2) is 6.10 Å². The lowest BCUT2D eigenvalue weighted by molar-refractivity contribution is -0.171. The molecule has 0 spiro atoms. The molecule has 2 aromatic heterocycles. The first-order chi connectivity index (χ1) is 20.2. The third kappa shape index (κ3) is 9.06. The number of nitrogens with zero attached hydrogens (tertiary/aromatic N) is 3. The predicted molar refractivity (Wildman–Crippen MR) is 160 cm³/mol. The van der Waals surface area contributed by atoms with Crippen LogP contribution in [0.2, 0.25) is 0 Å². The van der Waals surface area contributed by atoms with Crippen molar-refractivity contribution >= 4 is 11.7 Å². The van der Waals surface area contributed by atoms with Gasteiger partial charge in [0.05, 0.1) is 35.9 Å². The number of halogens is 3. The van der Waals surface area contributed by atoms with Crippen molar-refractivity contribution in [2.24, 2.45) is 11.8 Å². The molecule has 2 aromatic rings. The van der Waals surface area contributed by atoms with Gasteiger partial charge in [-0.15, -0.1) is 0 Å². The number of esters is 1. The van der Waals surface area contributed by atoms with Gasteiger partial charge in [-0.1, -0.05) is 19.3 Å². The van der Waals surface area contributed by atoms with Crippen LogP contribution < -0.4 is 9.64 Å². The topological polar surface area (TPSA) is 73.8 Å². The Morgan fingerprint density at radius 3 is 2.40 bits per heavy atom. The van der Waals surface area contributed by atoms with Gasteiger partial charge in [0.25, 0.3) is 0 Å². The number of aryl methyl sites for hydroxylation is 1. The molecule has 1 aliphatic heterocycles. The molecule has 3 heterocycles. The Morgan fingerprint density at radius 1 is 1.05 bits per heavy atom. The number of piperidine rings is 1. The van der Waals surface area contributed by atoms with Crippen LogP contribution in [0.3, 0.4) is 0 Å². The van der Waals surface area contributed by atoms with Crippen LogP contribution in [0.1, 0.15) is 96.9 Å². The van der Waals surface area contributed by atoms with E-state index in [1.165, 1.54) is 31.9 Å². The Morgan fingerprint density at radius 2 is 1.77 bits per heavy atom. The van der Waals surface area contributed by atoms with Crippen LogP contribution >= 0.6 is 0 Å². The Bertz CT molecular complexity index is 1230. The fourth-order valence-electron chi connectivity index (χ4n) is 6.21. The molecule has 0 amide bonds. The SMILES string of the molecule is Cc1ncc(-c2ccc(OCCCC(F)(F)F)cn2)c(N2CCC3CCCCC3C2)c1[C@H](OC(C)(C)C)C(=O)OC(C)C. The van der Waals surface area contributed by atoms with E-state index in [-0.39, 0.29) is 19.1 Å². The number of hydrogen-bond donors (Lipinski definition) is 0. The third-order valence-electron chi connectivity index (χ3n) is 8.08. The van der Waals surface area contributed by atoms with E-state index in [0.29, 0.717) is 34.5 Å². The highest BCUT2D eigenvalue weighted by Crippen LogP contribution is 2.45. The van der Waals surface area contributed by atoms with E-state index < -0.39 is 30.3 Å². The summed E-state index contributed by atoms with van der Waals surface area (Å²) < 4.78 is 55.2. The van der Waals surface area contributed by atoms with Crippen LogP contribution in [0.25, 0.3) is 11.3 Å². The zero-order chi connectivity index (χ0) is 31.4. The number of hydrogen-bond acceptors (Lipinski definition) is 7. The van der Waals surface area contributed by atoms with Crippen LogP contribution in [0.15, 0.2) is 24.5 Å². The lowest BCUT2D eigenvalue weighted by Crippen LogP contribution is -2.43. The first-order valence-corrected chi connectivity index (χ1v) is 15.5. The maximum atomic E-state index is 13.6. The summed E-state index contributed by atoms with van der Waals surface area (Å²) in [6.07, 6.45) is 2.80. The zero-order valence-electron chi connectivity index (χ0n) is 26.3. The number of rotatable bonds is 10. The Kier molecular flexibility index (Phi) is 10.6. The highest BCUT2D eigenvalue weighted by molar-refractivity contribution is 5.86. The minimum atomic E-state index is -4.21. The molecular weight excluding hydrogens is 559 g/mol. The molecule has 1 saturated carbocycles. The van der Waals surface area contributed by atoms with E-state index in [2.05, 4.69) is 9.88 Å². The molecule has 2 unspecified atom stereocenters. The summed E-state index contributed by atoms with van der Waals surface area (Å²) in [5.74, 6) is 1.21. The van der Waals surface area contributed by atoms with E-state index in [1.807, 2.05) is 41.5 Å². The van der Waals surface area contributed by atoms with Crippen LogP contribution in [-0.4, -0.2) is 53.5 Å². The second-order valence-corrected chi connectivity index (χ2v) is 13.1. The molecule has 2 aliphatic rings. The highest BCUT2D eigenvalue weighted by Gasteiger charge is 2.38. The van der Waals surface area contributed by atoms with Crippen LogP contribution in [-0.2, 0) is 14.3 Å². The largest absolute Gasteiger partial charge is 0.492 e. The van der Waals surface area contributed by atoms with E-state index in [0.717, 1.165) is 30.8 Å². The van der Waals surface area contributed by atoms with Gasteiger partial charge in [0.2, 0.25) is 0 Å². The van der Waals surface area contributed by atoms with Crippen molar-refractivity contribution in [1.29, 1.82) is 0 Å². The van der Waals surface area contributed by atoms with Gasteiger partial charge in [-0.2, -0.15) is 13.2 Å². The molecule has 0 N–H and O–H groups in total. The van der Waals surface area contributed by atoms with Crippen LogP contribution in [0, 0.1) is 18.8 Å². The molecular formula is C33H46F3N3O4. The molecule has 4 rings (SSSR count). The molecule has 0 bridgehead atoms. The second-order valence-electron chi connectivity index (χ2n) is 13.1. The standard InChI is InChI=1S/C33H46F3N3O4/c1-21(2)42-31(40)30(43-32(4,5)6)28-22(3)37-19-26(29(28)39-16-14-23-10-7-8-11-24(23)20-39)27-13-12-25(18-38-27)41-17-9-15-33(34,35)36/h12-13,18-19,21,23-24,30H,7-11,14-17,20H2,1-6H3/t23?,24?,30-/m0/s1. The summed E-state index contributed by atoms with van der Waals surface area (Å²) in [5, 5.41) is 0. The van der Waals surface area contributed by atoms with Gasteiger partial charge in [0.1, 0.15) is 5.75 Å². The molecule has 1 aliphatic carbocycles. The van der Waals surface area contributed by atoms with Gasteiger partial charge in [-0.3, -0.25) is 9.97 Å². The van der Waals surface area contributed by atoms with Crippen molar-refractivity contribution in [3.05, 3.63) is 35.8 Å². The quantitative estimate of drug-likeness (QED) is 0.201. The Hall–Kier alpha value is -2.88. The average Bonchev–Trinajstić information content (AvgIpc) is 2.93. The van der Waals surface area contributed by atoms with Crippen molar-refractivity contribution in [3.8, 4) is 17.0 Å². The smallest absolute Gasteiger partial charge is 0.389 e. The summed E-state index contributed by atoms with van der Waals surface area (Å²) in [4.78, 5) is 25.4. The zero-order valence-corrected chi connectivity index (χ0v) is 26.3. The van der Waals surface area contributed by atoms with E-state index in [4.69, 9.17) is 19.2 Å². The number of carbonyl (C=O) groups is 1. The normalized spacial score (nSPS) is 20.1. The summed E-state index contributed by atoms with van der Waals surface area (Å²) in [6, 6.07) is 3.50. The van der Waals surface area contributed by atoms with Crippen LogP contribution in [0.4, 0.5) is 18.9 Å². The molecule has 10 heteroatoms. The van der Waals surface area contributed by atoms with Crippen molar-refractivity contribution in [1.82, 2.24) is 9.97 Å². The summed E-state index contributed by atoms with van der Waals surface area (Å²) in [7, 11) is 0. The lowest BCUT2D eigenvalue weighted by atomic mass is 9.75. The predicted octanol–water partition coefficient (Wildman–Crippen LogP) is 8.00. The number of ether oxygens (including phenoxy) is 3. The molecule has 0 aromatic carbocycles. The van der Waals surface area contributed by atoms with Gasteiger partial charge in [0, 0.05) is 42.5 Å². The van der Waals surface area contributed by atoms with Gasteiger partial charge in [-0.25, -0.2) is 4.79 Å². The third-order valence-corrected chi connectivity index (χ3v) is 8.08. The molecule has 238 valence electrons. The molecule has 2 fully saturated rings. The average molecular weight is 606 g/mol. The second kappa shape index (κ2) is 13.8. The number of pyridine rings is 2. The van der Waals surface area contributed by atoms with Crippen molar-refractivity contribution in [3.63, 3.8) is 0 Å². The highest BCUT2D eigenvalue weighted by atomic mass is 19.4. The van der Waals surface area contributed by atoms with Crippen molar-refractivity contribution in [2.45, 2.75) is 110 Å². The van der Waals surface area contributed by atoms with Gasteiger partial charge < -0.3 is 19.1 Å².